The van der Waals surface area contributed by atoms with Crippen LogP contribution in [0.25, 0.3) is 0 Å². The van der Waals surface area contributed by atoms with Crippen molar-refractivity contribution in [3.05, 3.63) is 47.8 Å². The van der Waals surface area contributed by atoms with E-state index in [0.29, 0.717) is 5.56 Å². The number of benzene rings is 1. The van der Waals surface area contributed by atoms with Gasteiger partial charge in [-0.25, -0.2) is 0 Å². The smallest absolute Gasteiger partial charge is 0.255 e. The van der Waals surface area contributed by atoms with Gasteiger partial charge in [0.2, 0.25) is 5.75 Å². The highest BCUT2D eigenvalue weighted by Gasteiger charge is 2.19. The molecule has 0 unspecified atom stereocenters. The predicted octanol–water partition coefficient (Wildman–Crippen LogP) is 1.45. The van der Waals surface area contributed by atoms with Gasteiger partial charge in [-0.05, 0) is 36.8 Å². The molecule has 8 nitrogen and oxygen atoms in total. The lowest BCUT2D eigenvalue weighted by atomic mass is 10.1. The van der Waals surface area contributed by atoms with Gasteiger partial charge in [0, 0.05) is 18.0 Å². The van der Waals surface area contributed by atoms with Crippen LogP contribution in [0.1, 0.15) is 28.9 Å². The van der Waals surface area contributed by atoms with Crippen LogP contribution < -0.4 is 25.3 Å². The Balaban J connectivity index is 2.25. The molecule has 0 fully saturated rings. The second-order valence-electron chi connectivity index (χ2n) is 5.44. The summed E-state index contributed by atoms with van der Waals surface area (Å²) in [4.78, 5) is 27.5. The molecule has 1 aromatic carbocycles. The maximum absolute atomic E-state index is 12.6. The first-order valence-electron chi connectivity index (χ1n) is 7.84. The number of methoxy groups -OCH3 is 2. The topological polar surface area (TPSA) is 113 Å². The molecule has 1 heterocycles. The number of aromatic nitrogens is 1. The average molecular weight is 359 g/mol. The summed E-state index contributed by atoms with van der Waals surface area (Å²) >= 11 is 0. The van der Waals surface area contributed by atoms with Crippen LogP contribution in [0.4, 0.5) is 0 Å². The van der Waals surface area contributed by atoms with Gasteiger partial charge >= 0.3 is 0 Å². The van der Waals surface area contributed by atoms with E-state index in [1.165, 1.54) is 26.4 Å². The second-order valence-corrected chi connectivity index (χ2v) is 5.44. The summed E-state index contributed by atoms with van der Waals surface area (Å²) < 4.78 is 15.8. The molecule has 1 aromatic heterocycles. The van der Waals surface area contributed by atoms with Crippen molar-refractivity contribution in [2.24, 2.45) is 5.73 Å². The van der Waals surface area contributed by atoms with Crippen LogP contribution in [0, 0.1) is 0 Å². The lowest BCUT2D eigenvalue weighted by Gasteiger charge is -2.17. The SMILES string of the molecule is COc1cc(C(=O)N[C@H](C)c2ccncc2)cc(OC)c1OCC(N)=O. The van der Waals surface area contributed by atoms with E-state index in [2.05, 4.69) is 10.3 Å². The molecule has 0 saturated heterocycles. The predicted molar refractivity (Wildman–Crippen MR) is 94.4 cm³/mol. The number of nitrogens with zero attached hydrogens (tertiary/aromatic N) is 1. The lowest BCUT2D eigenvalue weighted by molar-refractivity contribution is -0.120. The fourth-order valence-electron chi connectivity index (χ4n) is 2.31. The van der Waals surface area contributed by atoms with E-state index >= 15 is 0 Å². The Labute approximate surface area is 151 Å². The van der Waals surface area contributed by atoms with Crippen molar-refractivity contribution in [1.82, 2.24) is 10.3 Å². The molecule has 26 heavy (non-hydrogen) atoms. The number of amides is 2. The first kappa shape index (κ1) is 19.0. The minimum Gasteiger partial charge on any atom is -0.493 e. The van der Waals surface area contributed by atoms with Gasteiger partial charge < -0.3 is 25.3 Å². The van der Waals surface area contributed by atoms with E-state index in [-0.39, 0.29) is 35.8 Å². The van der Waals surface area contributed by atoms with Crippen LogP contribution in [-0.2, 0) is 4.79 Å². The van der Waals surface area contributed by atoms with Gasteiger partial charge in [0.05, 0.1) is 20.3 Å². The lowest BCUT2D eigenvalue weighted by Crippen LogP contribution is -2.26. The first-order chi connectivity index (χ1) is 12.5. The molecule has 0 saturated carbocycles. The van der Waals surface area contributed by atoms with Crippen LogP contribution >= 0.6 is 0 Å². The fraction of sp³-hybridized carbons (Fsp3) is 0.278. The molecule has 3 N–H and O–H groups in total. The minimum absolute atomic E-state index is 0.201. The molecule has 0 spiro atoms. The number of nitrogens with one attached hydrogen (secondary N) is 1. The average Bonchev–Trinajstić information content (AvgIpc) is 2.65. The number of primary amides is 1. The molecule has 0 aliphatic carbocycles. The van der Waals surface area contributed by atoms with Crippen molar-refractivity contribution < 1.29 is 23.8 Å². The van der Waals surface area contributed by atoms with Crippen molar-refractivity contribution in [2.75, 3.05) is 20.8 Å². The maximum Gasteiger partial charge on any atom is 0.255 e. The van der Waals surface area contributed by atoms with Crippen molar-refractivity contribution in [3.63, 3.8) is 0 Å². The number of carbonyl (C=O) groups excluding carboxylic acids is 2. The van der Waals surface area contributed by atoms with Gasteiger partial charge in [-0.2, -0.15) is 0 Å². The Hall–Kier alpha value is -3.29. The standard InChI is InChI=1S/C18H21N3O5/c1-11(12-4-6-20-7-5-12)21-18(23)13-8-14(24-2)17(15(9-13)25-3)26-10-16(19)22/h4-9,11H,10H2,1-3H3,(H2,19,22)(H,21,23)/t11-/m1/s1. The molecule has 0 aliphatic rings. The summed E-state index contributed by atoms with van der Waals surface area (Å²) in [7, 11) is 2.85. The van der Waals surface area contributed by atoms with Crippen LogP contribution in [0.15, 0.2) is 36.7 Å². The van der Waals surface area contributed by atoms with Crippen molar-refractivity contribution in [2.45, 2.75) is 13.0 Å². The summed E-state index contributed by atoms with van der Waals surface area (Å²) in [5, 5.41) is 2.89. The molecule has 0 radical (unpaired) electrons. The highest BCUT2D eigenvalue weighted by Crippen LogP contribution is 2.38. The van der Waals surface area contributed by atoms with E-state index in [4.69, 9.17) is 19.9 Å². The van der Waals surface area contributed by atoms with Crippen molar-refractivity contribution in [3.8, 4) is 17.2 Å². The molecule has 2 amide bonds. The molecular formula is C18H21N3O5. The van der Waals surface area contributed by atoms with Crippen molar-refractivity contribution >= 4 is 11.8 Å². The number of carbonyl (C=O) groups is 2. The van der Waals surface area contributed by atoms with E-state index in [9.17, 15) is 9.59 Å². The zero-order valence-corrected chi connectivity index (χ0v) is 14.8. The number of hydrogen-bond donors (Lipinski definition) is 2. The Kier molecular flexibility index (Phi) is 6.37. The third-order valence-electron chi connectivity index (χ3n) is 3.64. The van der Waals surface area contributed by atoms with Crippen LogP contribution in [0.2, 0.25) is 0 Å². The number of hydrogen-bond acceptors (Lipinski definition) is 6. The van der Waals surface area contributed by atoms with Gasteiger partial charge in [-0.3, -0.25) is 14.6 Å². The van der Waals surface area contributed by atoms with Gasteiger partial charge in [0.15, 0.2) is 18.1 Å². The van der Waals surface area contributed by atoms with Crippen LogP contribution in [0.5, 0.6) is 17.2 Å². The second kappa shape index (κ2) is 8.70. The normalized spacial score (nSPS) is 11.3. The Bertz CT molecular complexity index is 755. The monoisotopic (exact) mass is 359 g/mol. The Morgan fingerprint density at radius 3 is 2.23 bits per heavy atom. The number of nitrogens with two attached hydrogens (primary N) is 1. The highest BCUT2D eigenvalue weighted by molar-refractivity contribution is 5.96. The summed E-state index contributed by atoms with van der Waals surface area (Å²) in [6.07, 6.45) is 3.32. The third-order valence-corrected chi connectivity index (χ3v) is 3.64. The van der Waals surface area contributed by atoms with Crippen LogP contribution in [-0.4, -0.2) is 37.6 Å². The highest BCUT2D eigenvalue weighted by atomic mass is 16.5. The molecule has 1 atom stereocenters. The minimum atomic E-state index is -0.637. The third kappa shape index (κ3) is 4.62. The van der Waals surface area contributed by atoms with E-state index in [1.807, 2.05) is 19.1 Å². The molecule has 2 rings (SSSR count). The fourth-order valence-corrected chi connectivity index (χ4v) is 2.31. The molecule has 0 bridgehead atoms. The summed E-state index contributed by atoms with van der Waals surface area (Å²) in [5.41, 5.74) is 6.35. The Morgan fingerprint density at radius 1 is 1.15 bits per heavy atom. The molecule has 8 heteroatoms. The molecule has 0 aliphatic heterocycles. The van der Waals surface area contributed by atoms with Gasteiger partial charge in [-0.1, -0.05) is 0 Å². The van der Waals surface area contributed by atoms with Crippen LogP contribution in [0.3, 0.4) is 0 Å². The van der Waals surface area contributed by atoms with Gasteiger partial charge in [-0.15, -0.1) is 0 Å². The summed E-state index contributed by atoms with van der Waals surface area (Å²) in [6.45, 7) is 1.53. The first-order valence-corrected chi connectivity index (χ1v) is 7.84. The zero-order chi connectivity index (χ0) is 19.1. The maximum atomic E-state index is 12.6. The largest absolute Gasteiger partial charge is 0.493 e. The number of rotatable bonds is 8. The molecular weight excluding hydrogens is 338 g/mol. The summed E-state index contributed by atoms with van der Waals surface area (Å²) in [6, 6.07) is 6.45. The Morgan fingerprint density at radius 2 is 1.73 bits per heavy atom. The summed E-state index contributed by atoms with van der Waals surface area (Å²) in [5.74, 6) is -0.235. The van der Waals surface area contributed by atoms with E-state index in [1.54, 1.807) is 12.4 Å². The quantitative estimate of drug-likeness (QED) is 0.738. The number of ether oxygens (including phenoxy) is 3. The molecule has 2 aromatic rings. The van der Waals surface area contributed by atoms with E-state index in [0.717, 1.165) is 5.56 Å². The van der Waals surface area contributed by atoms with Gasteiger partial charge in [0.1, 0.15) is 0 Å². The van der Waals surface area contributed by atoms with E-state index < -0.39 is 5.91 Å². The number of pyridine rings is 1. The van der Waals surface area contributed by atoms with Crippen molar-refractivity contribution in [1.29, 1.82) is 0 Å². The molecule has 138 valence electrons. The van der Waals surface area contributed by atoms with Gasteiger partial charge in [0.25, 0.3) is 11.8 Å². The zero-order valence-electron chi connectivity index (χ0n) is 14.8.